The van der Waals surface area contributed by atoms with Gasteiger partial charge >= 0.3 is 5.97 Å². The molecule has 0 saturated carbocycles. The average molecular weight is 473 g/mol. The largest absolute Gasteiger partial charge is 0.465 e. The fourth-order valence-electron chi connectivity index (χ4n) is 3.80. The highest BCUT2D eigenvalue weighted by Crippen LogP contribution is 2.40. The molecular formula is C27H24N2O4S. The summed E-state index contributed by atoms with van der Waals surface area (Å²) in [5, 5.41) is 0. The van der Waals surface area contributed by atoms with E-state index in [0.29, 0.717) is 11.4 Å². The molecule has 0 atom stereocenters. The number of para-hydroxylation sites is 2. The van der Waals surface area contributed by atoms with E-state index in [1.165, 1.54) is 18.9 Å². The molecule has 3 aromatic carbocycles. The van der Waals surface area contributed by atoms with Gasteiger partial charge in [0.05, 0.1) is 18.4 Å². The second kappa shape index (κ2) is 9.97. The number of thioether (sulfide) groups is 1. The van der Waals surface area contributed by atoms with Crippen LogP contribution in [-0.2, 0) is 14.3 Å². The normalized spacial score (nSPS) is 13.4. The number of ether oxygens (including phenoxy) is 1. The Morgan fingerprint density at radius 3 is 2.21 bits per heavy atom. The molecule has 0 aliphatic carbocycles. The first-order valence-electron chi connectivity index (χ1n) is 10.8. The molecule has 0 unspecified atom stereocenters. The van der Waals surface area contributed by atoms with Gasteiger partial charge in [0.1, 0.15) is 10.6 Å². The molecule has 1 aliphatic rings. The Labute approximate surface area is 202 Å². The van der Waals surface area contributed by atoms with Crippen LogP contribution in [0.2, 0.25) is 0 Å². The zero-order valence-corrected chi connectivity index (χ0v) is 20.0. The quantitative estimate of drug-likeness (QED) is 0.348. The number of nitrogens with zero attached hydrogens (tertiary/aromatic N) is 2. The van der Waals surface area contributed by atoms with Gasteiger partial charge in [0, 0.05) is 17.1 Å². The minimum absolute atomic E-state index is 0.149. The number of hydrogen-bond acceptors (Lipinski definition) is 6. The molecule has 2 amide bonds. The zero-order chi connectivity index (χ0) is 24.2. The summed E-state index contributed by atoms with van der Waals surface area (Å²) in [5.74, 6) is -1.58. The molecule has 34 heavy (non-hydrogen) atoms. The van der Waals surface area contributed by atoms with Gasteiger partial charge in [-0.25, -0.2) is 9.69 Å². The predicted octanol–water partition coefficient (Wildman–Crippen LogP) is 5.19. The molecule has 4 rings (SSSR count). The van der Waals surface area contributed by atoms with Crippen LogP contribution < -0.4 is 9.80 Å². The van der Waals surface area contributed by atoms with Crippen molar-refractivity contribution in [1.29, 1.82) is 0 Å². The van der Waals surface area contributed by atoms with Crippen molar-refractivity contribution >= 4 is 40.9 Å². The van der Waals surface area contributed by atoms with Crippen LogP contribution in [0, 0.1) is 6.92 Å². The Morgan fingerprint density at radius 2 is 1.56 bits per heavy atom. The standard InChI is InChI=1S/C27H24N2O4S/c1-4-28(19-10-6-5-7-11-19)23-24(34-20-16-14-18(2)15-17-20)26(31)29(25(23)30)22-13-9-8-12-21(22)27(32)33-3/h5-17H,4H2,1-3H3. The number of imide groups is 1. The van der Waals surface area contributed by atoms with Gasteiger partial charge in [-0.2, -0.15) is 0 Å². The molecule has 0 bridgehead atoms. The second-order valence-electron chi connectivity index (χ2n) is 7.63. The summed E-state index contributed by atoms with van der Waals surface area (Å²) in [6.07, 6.45) is 0. The Balaban J connectivity index is 1.86. The van der Waals surface area contributed by atoms with Crippen LogP contribution in [0.5, 0.6) is 0 Å². The molecule has 0 saturated heterocycles. The van der Waals surface area contributed by atoms with Gasteiger partial charge in [-0.3, -0.25) is 9.59 Å². The highest BCUT2D eigenvalue weighted by molar-refractivity contribution is 8.04. The van der Waals surface area contributed by atoms with Crippen LogP contribution in [0.4, 0.5) is 11.4 Å². The van der Waals surface area contributed by atoms with Crippen LogP contribution in [0.15, 0.2) is 94.4 Å². The molecule has 0 fully saturated rings. The van der Waals surface area contributed by atoms with Crippen molar-refractivity contribution in [3.8, 4) is 0 Å². The van der Waals surface area contributed by atoms with E-state index >= 15 is 0 Å². The fraction of sp³-hybridized carbons (Fsp3) is 0.148. The van der Waals surface area contributed by atoms with E-state index in [4.69, 9.17) is 4.74 Å². The van der Waals surface area contributed by atoms with E-state index in [1.807, 2.05) is 73.3 Å². The molecule has 0 N–H and O–H groups in total. The minimum atomic E-state index is -0.618. The Bertz CT molecular complexity index is 1270. The lowest BCUT2D eigenvalue weighted by Gasteiger charge is -2.25. The third-order valence-electron chi connectivity index (χ3n) is 5.46. The molecular weight excluding hydrogens is 448 g/mol. The Hall–Kier alpha value is -3.84. The van der Waals surface area contributed by atoms with Crippen molar-refractivity contribution in [2.45, 2.75) is 18.7 Å². The number of likely N-dealkylation sites (N-methyl/N-ethyl adjacent to an activating group) is 1. The molecule has 0 aromatic heterocycles. The summed E-state index contributed by atoms with van der Waals surface area (Å²) < 4.78 is 4.89. The summed E-state index contributed by atoms with van der Waals surface area (Å²) in [5.41, 5.74) is 2.52. The van der Waals surface area contributed by atoms with E-state index in [1.54, 1.807) is 24.3 Å². The van der Waals surface area contributed by atoms with Gasteiger partial charge in [-0.1, -0.05) is 59.8 Å². The summed E-state index contributed by atoms with van der Waals surface area (Å²) in [6, 6.07) is 23.7. The highest BCUT2D eigenvalue weighted by Gasteiger charge is 2.43. The SMILES string of the molecule is CCN(C1=C(Sc2ccc(C)cc2)C(=O)N(c2ccccc2C(=O)OC)C1=O)c1ccccc1. The third-order valence-corrected chi connectivity index (χ3v) is 6.54. The average Bonchev–Trinajstić information content (AvgIpc) is 3.10. The number of hydrogen-bond donors (Lipinski definition) is 0. The summed E-state index contributed by atoms with van der Waals surface area (Å²) in [7, 11) is 1.27. The lowest BCUT2D eigenvalue weighted by Crippen LogP contribution is -2.36. The predicted molar refractivity (Wildman–Crippen MR) is 134 cm³/mol. The highest BCUT2D eigenvalue weighted by atomic mass is 32.2. The van der Waals surface area contributed by atoms with Crippen molar-refractivity contribution in [1.82, 2.24) is 0 Å². The van der Waals surface area contributed by atoms with Crippen LogP contribution in [0.3, 0.4) is 0 Å². The summed E-state index contributed by atoms with van der Waals surface area (Å²) >= 11 is 1.25. The van der Waals surface area contributed by atoms with Crippen molar-refractivity contribution in [3.05, 3.63) is 101 Å². The summed E-state index contributed by atoms with van der Waals surface area (Å²) in [6.45, 7) is 4.39. The van der Waals surface area contributed by atoms with E-state index in [0.717, 1.165) is 21.0 Å². The van der Waals surface area contributed by atoms with Crippen LogP contribution >= 0.6 is 11.8 Å². The minimum Gasteiger partial charge on any atom is -0.465 e. The number of anilines is 2. The maximum Gasteiger partial charge on any atom is 0.339 e. The van der Waals surface area contributed by atoms with Gasteiger partial charge < -0.3 is 9.64 Å². The maximum absolute atomic E-state index is 13.8. The van der Waals surface area contributed by atoms with E-state index < -0.39 is 17.8 Å². The first-order chi connectivity index (χ1) is 16.5. The lowest BCUT2D eigenvalue weighted by molar-refractivity contribution is -0.120. The molecule has 0 spiro atoms. The first kappa shape index (κ1) is 23.3. The fourth-order valence-corrected chi connectivity index (χ4v) is 4.78. The Morgan fingerprint density at radius 1 is 0.912 bits per heavy atom. The van der Waals surface area contributed by atoms with E-state index in [9.17, 15) is 14.4 Å². The van der Waals surface area contributed by atoms with E-state index in [-0.39, 0.29) is 16.9 Å². The second-order valence-corrected chi connectivity index (χ2v) is 8.71. The van der Waals surface area contributed by atoms with Crippen LogP contribution in [0.1, 0.15) is 22.8 Å². The molecule has 1 aliphatic heterocycles. The molecule has 7 heteroatoms. The molecule has 172 valence electrons. The first-order valence-corrected chi connectivity index (χ1v) is 11.7. The van der Waals surface area contributed by atoms with Crippen LogP contribution in [0.25, 0.3) is 0 Å². The molecule has 6 nitrogen and oxygen atoms in total. The van der Waals surface area contributed by atoms with Crippen molar-refractivity contribution in [3.63, 3.8) is 0 Å². The number of methoxy groups -OCH3 is 1. The number of esters is 1. The summed E-state index contributed by atoms with van der Waals surface area (Å²) in [4.78, 5) is 44.1. The maximum atomic E-state index is 13.8. The van der Waals surface area contributed by atoms with Gasteiger partial charge in [0.25, 0.3) is 11.8 Å². The van der Waals surface area contributed by atoms with Gasteiger partial charge in [0.2, 0.25) is 0 Å². The zero-order valence-electron chi connectivity index (χ0n) is 19.1. The van der Waals surface area contributed by atoms with E-state index in [2.05, 4.69) is 0 Å². The van der Waals surface area contributed by atoms with Gasteiger partial charge in [-0.05, 0) is 50.2 Å². The Kier molecular flexibility index (Phi) is 6.84. The van der Waals surface area contributed by atoms with Crippen molar-refractivity contribution in [2.24, 2.45) is 0 Å². The van der Waals surface area contributed by atoms with Gasteiger partial charge in [0.15, 0.2) is 0 Å². The van der Waals surface area contributed by atoms with Crippen molar-refractivity contribution < 1.29 is 19.1 Å². The van der Waals surface area contributed by atoms with Gasteiger partial charge in [-0.15, -0.1) is 0 Å². The molecule has 0 radical (unpaired) electrons. The number of amides is 2. The monoisotopic (exact) mass is 472 g/mol. The molecule has 3 aromatic rings. The number of carbonyl (C=O) groups is 3. The number of aryl methyl sites for hydroxylation is 1. The lowest BCUT2D eigenvalue weighted by atomic mass is 10.1. The number of rotatable bonds is 7. The number of benzene rings is 3. The van der Waals surface area contributed by atoms with Crippen LogP contribution in [-0.4, -0.2) is 31.4 Å². The third kappa shape index (κ3) is 4.34. The van der Waals surface area contributed by atoms with Crippen molar-refractivity contribution in [2.75, 3.05) is 23.5 Å². The number of carbonyl (C=O) groups excluding carboxylic acids is 3. The molecule has 1 heterocycles. The smallest absolute Gasteiger partial charge is 0.339 e. The topological polar surface area (TPSA) is 66.9 Å².